The van der Waals surface area contributed by atoms with E-state index < -0.39 is 0 Å². The Morgan fingerprint density at radius 1 is 0.800 bits per heavy atom. The molecule has 1 amide bonds. The van der Waals surface area contributed by atoms with Gasteiger partial charge in [0.1, 0.15) is 0 Å². The zero-order valence-corrected chi connectivity index (χ0v) is 18.4. The maximum atomic E-state index is 13.5. The molecule has 158 valence electrons. The van der Waals surface area contributed by atoms with Crippen LogP contribution in [0.2, 0.25) is 0 Å². The standard InChI is InChI=1S/C27H34N2O/c1-19-6-10-21(11-7-19)23-16-27(29-14-4-3-5-15-29)17-24(25(23)26(30)28-18-27)22-12-8-20(2)9-13-22/h6-13,23-25H,3-5,14-18H2,1-2H3,(H,28,30). The molecule has 2 atom stereocenters. The number of hydrogen-bond donors (Lipinski definition) is 1. The predicted molar refractivity (Wildman–Crippen MR) is 122 cm³/mol. The van der Waals surface area contributed by atoms with Gasteiger partial charge in [-0.1, -0.05) is 66.1 Å². The lowest BCUT2D eigenvalue weighted by atomic mass is 9.61. The first-order valence-electron chi connectivity index (χ1n) is 11.7. The molecule has 0 aromatic heterocycles. The molecule has 3 heteroatoms. The molecule has 30 heavy (non-hydrogen) atoms. The van der Waals surface area contributed by atoms with E-state index in [9.17, 15) is 4.79 Å². The van der Waals surface area contributed by atoms with E-state index in [0.717, 1.165) is 19.4 Å². The quantitative estimate of drug-likeness (QED) is 0.789. The number of benzene rings is 2. The van der Waals surface area contributed by atoms with Crippen LogP contribution >= 0.6 is 0 Å². The number of carbonyl (C=O) groups is 1. The lowest BCUT2D eigenvalue weighted by Crippen LogP contribution is -2.57. The van der Waals surface area contributed by atoms with Gasteiger partial charge in [-0.15, -0.1) is 0 Å². The molecule has 3 saturated heterocycles. The van der Waals surface area contributed by atoms with Gasteiger partial charge in [-0.25, -0.2) is 0 Å². The van der Waals surface area contributed by atoms with Crippen molar-refractivity contribution >= 4 is 5.91 Å². The Morgan fingerprint density at radius 2 is 1.30 bits per heavy atom. The Kier molecular flexibility index (Phi) is 5.18. The van der Waals surface area contributed by atoms with E-state index in [1.807, 2.05) is 0 Å². The average Bonchev–Trinajstić information content (AvgIpc) is 3.02. The molecule has 6 rings (SSSR count). The molecule has 3 heterocycles. The average molecular weight is 403 g/mol. The number of hydrogen-bond acceptors (Lipinski definition) is 2. The highest BCUT2D eigenvalue weighted by Gasteiger charge is 2.54. The number of piperidine rings is 1. The monoisotopic (exact) mass is 402 g/mol. The molecule has 2 aromatic carbocycles. The minimum absolute atomic E-state index is 0.0100. The number of aryl methyl sites for hydroxylation is 2. The molecular formula is C27H34N2O. The second kappa shape index (κ2) is 7.85. The predicted octanol–water partition coefficient (Wildman–Crippen LogP) is 4.94. The van der Waals surface area contributed by atoms with Crippen molar-refractivity contribution in [2.75, 3.05) is 19.6 Å². The first-order valence-corrected chi connectivity index (χ1v) is 11.7. The lowest BCUT2D eigenvalue weighted by Gasteiger charge is -2.52. The molecule has 3 aliphatic heterocycles. The summed E-state index contributed by atoms with van der Waals surface area (Å²) in [7, 11) is 0. The van der Waals surface area contributed by atoms with E-state index in [-0.39, 0.29) is 29.2 Å². The van der Waals surface area contributed by atoms with E-state index in [1.54, 1.807) is 0 Å². The largest absolute Gasteiger partial charge is 0.354 e. The van der Waals surface area contributed by atoms with Gasteiger partial charge in [-0.05, 0) is 75.6 Å². The number of nitrogens with zero attached hydrogens (tertiary/aromatic N) is 1. The van der Waals surface area contributed by atoms with Gasteiger partial charge < -0.3 is 5.32 Å². The highest BCUT2D eigenvalue weighted by atomic mass is 16.2. The summed E-state index contributed by atoms with van der Waals surface area (Å²) >= 11 is 0. The normalized spacial score (nSPS) is 31.9. The summed E-state index contributed by atoms with van der Waals surface area (Å²) < 4.78 is 0. The zero-order valence-electron chi connectivity index (χ0n) is 18.4. The van der Waals surface area contributed by atoms with Crippen LogP contribution in [0, 0.1) is 19.8 Å². The summed E-state index contributed by atoms with van der Waals surface area (Å²) in [5.41, 5.74) is 5.29. The Hall–Kier alpha value is -2.13. The highest BCUT2D eigenvalue weighted by molar-refractivity contribution is 5.82. The molecule has 4 aliphatic rings. The fourth-order valence-corrected chi connectivity index (χ4v) is 6.33. The van der Waals surface area contributed by atoms with Crippen molar-refractivity contribution in [2.24, 2.45) is 5.92 Å². The van der Waals surface area contributed by atoms with E-state index in [0.29, 0.717) is 0 Å². The van der Waals surface area contributed by atoms with Gasteiger partial charge in [0, 0.05) is 12.1 Å². The Balaban J connectivity index is 1.61. The minimum Gasteiger partial charge on any atom is -0.354 e. The van der Waals surface area contributed by atoms with E-state index in [1.165, 1.54) is 54.6 Å². The first-order chi connectivity index (χ1) is 14.6. The molecule has 2 unspecified atom stereocenters. The van der Waals surface area contributed by atoms with Crippen molar-refractivity contribution in [3.8, 4) is 0 Å². The van der Waals surface area contributed by atoms with Gasteiger partial charge in [0.15, 0.2) is 0 Å². The summed E-state index contributed by atoms with van der Waals surface area (Å²) in [4.78, 5) is 16.2. The van der Waals surface area contributed by atoms with Crippen LogP contribution < -0.4 is 5.32 Å². The van der Waals surface area contributed by atoms with Crippen LogP contribution in [0.4, 0.5) is 0 Å². The molecule has 2 bridgehead atoms. The van der Waals surface area contributed by atoms with Gasteiger partial charge in [0.05, 0.1) is 5.92 Å². The highest BCUT2D eigenvalue weighted by Crippen LogP contribution is 2.54. The minimum atomic E-state index is 0.0100. The second-order valence-corrected chi connectivity index (χ2v) is 9.96. The number of likely N-dealkylation sites (tertiary alicyclic amines) is 1. The van der Waals surface area contributed by atoms with Crippen LogP contribution in [0.25, 0.3) is 0 Å². The molecule has 0 radical (unpaired) electrons. The summed E-state index contributed by atoms with van der Waals surface area (Å²) in [5.74, 6) is 0.809. The zero-order chi connectivity index (χ0) is 20.7. The third kappa shape index (κ3) is 3.47. The van der Waals surface area contributed by atoms with Gasteiger partial charge in [-0.2, -0.15) is 0 Å². The van der Waals surface area contributed by atoms with Crippen molar-refractivity contribution in [2.45, 2.75) is 63.3 Å². The summed E-state index contributed by atoms with van der Waals surface area (Å²) in [5, 5.41) is 3.39. The number of rotatable bonds is 3. The Labute approximate surface area is 180 Å². The van der Waals surface area contributed by atoms with Crippen molar-refractivity contribution in [3.63, 3.8) is 0 Å². The molecule has 0 spiro atoms. The number of amides is 1. The van der Waals surface area contributed by atoms with Gasteiger partial charge in [-0.3, -0.25) is 9.69 Å². The number of nitrogens with one attached hydrogen (secondary N) is 1. The van der Waals surface area contributed by atoms with Gasteiger partial charge >= 0.3 is 0 Å². The van der Waals surface area contributed by atoms with Crippen LogP contribution in [-0.2, 0) is 4.79 Å². The SMILES string of the molecule is Cc1ccc(C2CC3(N4CCCCC4)CNC(=O)C2C(c2ccc(C)cc2)C3)cc1. The first kappa shape index (κ1) is 19.8. The van der Waals surface area contributed by atoms with E-state index in [4.69, 9.17) is 0 Å². The van der Waals surface area contributed by atoms with Crippen LogP contribution in [0.3, 0.4) is 0 Å². The van der Waals surface area contributed by atoms with Crippen molar-refractivity contribution in [1.29, 1.82) is 0 Å². The van der Waals surface area contributed by atoms with Gasteiger partial charge in [0.2, 0.25) is 5.91 Å². The fourth-order valence-electron chi connectivity index (χ4n) is 6.33. The van der Waals surface area contributed by atoms with Crippen LogP contribution in [0.5, 0.6) is 0 Å². The summed E-state index contributed by atoms with van der Waals surface area (Å²) in [6, 6.07) is 17.9. The summed E-state index contributed by atoms with van der Waals surface area (Å²) in [6.07, 6.45) is 6.07. The maximum Gasteiger partial charge on any atom is 0.224 e. The Morgan fingerprint density at radius 3 is 1.80 bits per heavy atom. The maximum absolute atomic E-state index is 13.5. The number of fused-ring (bicyclic) bond motifs is 4. The van der Waals surface area contributed by atoms with Crippen molar-refractivity contribution in [3.05, 3.63) is 70.8 Å². The van der Waals surface area contributed by atoms with Crippen molar-refractivity contribution < 1.29 is 4.79 Å². The fraction of sp³-hybridized carbons (Fsp3) is 0.519. The third-order valence-electron chi connectivity index (χ3n) is 8.00. The topological polar surface area (TPSA) is 32.3 Å². The molecule has 3 nitrogen and oxygen atoms in total. The molecule has 1 N–H and O–H groups in total. The summed E-state index contributed by atoms with van der Waals surface area (Å²) in [6.45, 7) is 7.41. The lowest BCUT2D eigenvalue weighted by molar-refractivity contribution is -0.125. The van der Waals surface area contributed by atoms with E-state index >= 15 is 0 Å². The Bertz CT molecular complexity index is 840. The van der Waals surface area contributed by atoms with Crippen molar-refractivity contribution in [1.82, 2.24) is 10.2 Å². The van der Waals surface area contributed by atoms with Gasteiger partial charge in [0.25, 0.3) is 0 Å². The molecule has 4 fully saturated rings. The van der Waals surface area contributed by atoms with Crippen LogP contribution in [0.1, 0.15) is 66.2 Å². The second-order valence-electron chi connectivity index (χ2n) is 9.96. The molecule has 1 aliphatic carbocycles. The third-order valence-corrected chi connectivity index (χ3v) is 8.00. The van der Waals surface area contributed by atoms with Crippen LogP contribution in [0.15, 0.2) is 48.5 Å². The van der Waals surface area contributed by atoms with E-state index in [2.05, 4.69) is 72.6 Å². The van der Waals surface area contributed by atoms with Crippen LogP contribution in [-0.4, -0.2) is 36.0 Å². The molecule has 2 aromatic rings. The smallest absolute Gasteiger partial charge is 0.224 e. The molecular weight excluding hydrogens is 368 g/mol. The molecule has 1 saturated carbocycles. The number of carbonyl (C=O) groups excluding carboxylic acids is 1.